The van der Waals surface area contributed by atoms with E-state index >= 15 is 0 Å². The molecular weight excluding hydrogens is 354 g/mol. The second kappa shape index (κ2) is 7.80. The number of rotatable bonds is 5. The molecule has 0 saturated carbocycles. The first kappa shape index (κ1) is 17.6. The van der Waals surface area contributed by atoms with E-state index < -0.39 is 10.9 Å². The Morgan fingerprint density at radius 2 is 1.62 bits per heavy atom. The third-order valence-electron chi connectivity index (χ3n) is 3.81. The van der Waals surface area contributed by atoms with Crippen LogP contribution in [-0.2, 0) is 11.3 Å². The number of nitro benzene ring substituents is 1. The van der Waals surface area contributed by atoms with Gasteiger partial charge < -0.3 is 4.74 Å². The van der Waals surface area contributed by atoms with Crippen LogP contribution in [0.25, 0.3) is 11.1 Å². The second-order valence-electron chi connectivity index (χ2n) is 5.56. The average Bonchev–Trinajstić information content (AvgIpc) is 2.67. The van der Waals surface area contributed by atoms with Crippen LogP contribution < -0.4 is 0 Å². The van der Waals surface area contributed by atoms with E-state index in [9.17, 15) is 14.9 Å². The highest BCUT2D eigenvalue weighted by molar-refractivity contribution is 6.33. The lowest BCUT2D eigenvalue weighted by atomic mass is 10.0. The van der Waals surface area contributed by atoms with Crippen LogP contribution in [0.4, 0.5) is 5.69 Å². The maximum atomic E-state index is 12.2. The molecule has 0 amide bonds. The largest absolute Gasteiger partial charge is 0.457 e. The van der Waals surface area contributed by atoms with E-state index in [0.717, 1.165) is 22.8 Å². The fraction of sp³-hybridized carbons (Fsp3) is 0.0500. The molecule has 0 N–H and O–H groups in total. The number of nitro groups is 1. The van der Waals surface area contributed by atoms with Crippen LogP contribution in [0.3, 0.4) is 0 Å². The first-order chi connectivity index (χ1) is 12.5. The van der Waals surface area contributed by atoms with Gasteiger partial charge in [0.1, 0.15) is 6.61 Å². The van der Waals surface area contributed by atoms with E-state index in [-0.39, 0.29) is 22.9 Å². The highest BCUT2D eigenvalue weighted by Gasteiger charge is 2.17. The zero-order valence-corrected chi connectivity index (χ0v) is 14.3. The number of hydrogen-bond acceptors (Lipinski definition) is 4. The fourth-order valence-electron chi connectivity index (χ4n) is 2.43. The van der Waals surface area contributed by atoms with Crippen molar-refractivity contribution in [3.05, 3.63) is 99.1 Å². The van der Waals surface area contributed by atoms with E-state index in [2.05, 4.69) is 0 Å². The van der Waals surface area contributed by atoms with Gasteiger partial charge >= 0.3 is 5.97 Å². The van der Waals surface area contributed by atoms with Crippen LogP contribution in [0.5, 0.6) is 0 Å². The van der Waals surface area contributed by atoms with Gasteiger partial charge in [-0.1, -0.05) is 66.2 Å². The van der Waals surface area contributed by atoms with Crippen molar-refractivity contribution in [3.63, 3.8) is 0 Å². The zero-order chi connectivity index (χ0) is 18.5. The Labute approximate surface area is 155 Å². The molecule has 130 valence electrons. The van der Waals surface area contributed by atoms with Gasteiger partial charge in [-0.15, -0.1) is 0 Å². The van der Waals surface area contributed by atoms with E-state index in [1.807, 2.05) is 54.6 Å². The van der Waals surface area contributed by atoms with Crippen molar-refractivity contribution in [1.29, 1.82) is 0 Å². The average molecular weight is 368 g/mol. The third kappa shape index (κ3) is 4.07. The summed E-state index contributed by atoms with van der Waals surface area (Å²) in [6.07, 6.45) is 0. The molecule has 0 spiro atoms. The number of benzene rings is 3. The summed E-state index contributed by atoms with van der Waals surface area (Å²) in [5.41, 5.74) is 2.72. The van der Waals surface area contributed by atoms with Crippen molar-refractivity contribution in [1.82, 2.24) is 0 Å². The lowest BCUT2D eigenvalue weighted by Gasteiger charge is -2.07. The highest BCUT2D eigenvalue weighted by atomic mass is 35.5. The Hall–Kier alpha value is -3.18. The Morgan fingerprint density at radius 3 is 2.27 bits per heavy atom. The first-order valence-corrected chi connectivity index (χ1v) is 8.18. The number of nitrogens with zero attached hydrogens (tertiary/aromatic N) is 1. The van der Waals surface area contributed by atoms with Crippen LogP contribution in [-0.4, -0.2) is 10.9 Å². The predicted octanol–water partition coefficient (Wildman–Crippen LogP) is 5.27. The van der Waals surface area contributed by atoms with E-state index in [1.54, 1.807) is 0 Å². The van der Waals surface area contributed by atoms with E-state index in [4.69, 9.17) is 16.3 Å². The predicted molar refractivity (Wildman–Crippen MR) is 99.1 cm³/mol. The summed E-state index contributed by atoms with van der Waals surface area (Å²) < 4.78 is 5.23. The molecule has 3 rings (SSSR count). The number of hydrogen-bond donors (Lipinski definition) is 0. The fourth-order valence-corrected chi connectivity index (χ4v) is 2.63. The molecule has 0 fully saturated rings. The molecule has 3 aromatic carbocycles. The molecule has 26 heavy (non-hydrogen) atoms. The molecule has 0 heterocycles. The smallest absolute Gasteiger partial charge is 0.340 e. The number of carbonyl (C=O) groups excluding carboxylic acids is 1. The SMILES string of the molecule is O=C(OCc1ccc(-c2ccccc2)cc1)c1cc([N+](=O)[O-])ccc1Cl. The molecule has 3 aromatic rings. The minimum atomic E-state index is -0.703. The maximum Gasteiger partial charge on any atom is 0.340 e. The van der Waals surface area contributed by atoms with Crippen LogP contribution >= 0.6 is 11.6 Å². The van der Waals surface area contributed by atoms with Crippen molar-refractivity contribution in [2.75, 3.05) is 0 Å². The molecule has 0 saturated heterocycles. The number of non-ortho nitro benzene ring substituents is 1. The lowest BCUT2D eigenvalue weighted by molar-refractivity contribution is -0.384. The van der Waals surface area contributed by atoms with Crippen LogP contribution in [0.2, 0.25) is 5.02 Å². The third-order valence-corrected chi connectivity index (χ3v) is 4.14. The second-order valence-corrected chi connectivity index (χ2v) is 5.97. The summed E-state index contributed by atoms with van der Waals surface area (Å²) >= 11 is 5.94. The number of halogens is 1. The summed E-state index contributed by atoms with van der Waals surface area (Å²) in [7, 11) is 0. The van der Waals surface area contributed by atoms with Crippen LogP contribution in [0.1, 0.15) is 15.9 Å². The monoisotopic (exact) mass is 367 g/mol. The minimum Gasteiger partial charge on any atom is -0.457 e. The lowest BCUT2D eigenvalue weighted by Crippen LogP contribution is -2.06. The van der Waals surface area contributed by atoms with Crippen molar-refractivity contribution >= 4 is 23.3 Å². The number of carbonyl (C=O) groups is 1. The van der Waals surface area contributed by atoms with Crippen molar-refractivity contribution < 1.29 is 14.5 Å². The van der Waals surface area contributed by atoms with Crippen molar-refractivity contribution in [2.45, 2.75) is 6.61 Å². The molecule has 0 radical (unpaired) electrons. The van der Waals surface area contributed by atoms with Gasteiger partial charge in [-0.2, -0.15) is 0 Å². The summed E-state index contributed by atoms with van der Waals surface area (Å²) in [4.78, 5) is 22.4. The van der Waals surface area contributed by atoms with Gasteiger partial charge in [-0.05, 0) is 22.8 Å². The first-order valence-electron chi connectivity index (χ1n) is 7.80. The Morgan fingerprint density at radius 1 is 0.962 bits per heavy atom. The normalized spacial score (nSPS) is 10.3. The molecule has 0 aliphatic heterocycles. The van der Waals surface area contributed by atoms with E-state index in [0.29, 0.717) is 0 Å². The van der Waals surface area contributed by atoms with Gasteiger partial charge in [-0.25, -0.2) is 4.79 Å². The number of esters is 1. The van der Waals surface area contributed by atoms with E-state index in [1.165, 1.54) is 12.1 Å². The topological polar surface area (TPSA) is 69.4 Å². The zero-order valence-electron chi connectivity index (χ0n) is 13.6. The minimum absolute atomic E-state index is 0.0261. The van der Waals surface area contributed by atoms with Gasteiger partial charge in [0.2, 0.25) is 0 Å². The van der Waals surface area contributed by atoms with Gasteiger partial charge in [0.25, 0.3) is 5.69 Å². The molecule has 0 atom stereocenters. The van der Waals surface area contributed by atoms with Crippen LogP contribution in [0.15, 0.2) is 72.8 Å². The molecule has 0 aliphatic carbocycles. The van der Waals surface area contributed by atoms with Crippen molar-refractivity contribution in [2.24, 2.45) is 0 Å². The van der Waals surface area contributed by atoms with Gasteiger partial charge in [0.15, 0.2) is 0 Å². The van der Waals surface area contributed by atoms with Crippen LogP contribution in [0, 0.1) is 10.1 Å². The molecule has 0 aliphatic rings. The molecule has 0 aromatic heterocycles. The molecule has 0 bridgehead atoms. The Kier molecular flexibility index (Phi) is 5.29. The van der Waals surface area contributed by atoms with Gasteiger partial charge in [0.05, 0.1) is 15.5 Å². The molecule has 6 heteroatoms. The van der Waals surface area contributed by atoms with Gasteiger partial charge in [-0.3, -0.25) is 10.1 Å². The molecule has 5 nitrogen and oxygen atoms in total. The molecule has 0 unspecified atom stereocenters. The number of ether oxygens (including phenoxy) is 1. The highest BCUT2D eigenvalue weighted by Crippen LogP contribution is 2.24. The summed E-state index contributed by atoms with van der Waals surface area (Å²) in [6.45, 7) is 0.0485. The summed E-state index contributed by atoms with van der Waals surface area (Å²) in [6, 6.07) is 21.2. The van der Waals surface area contributed by atoms with Gasteiger partial charge in [0, 0.05) is 12.1 Å². The standard InChI is InChI=1S/C20H14ClNO4/c21-19-11-10-17(22(24)25)12-18(19)20(23)26-13-14-6-8-16(9-7-14)15-4-2-1-3-5-15/h1-12H,13H2. The summed E-state index contributed by atoms with van der Waals surface area (Å²) in [5, 5.41) is 10.9. The van der Waals surface area contributed by atoms with Crippen molar-refractivity contribution in [3.8, 4) is 11.1 Å². The maximum absolute atomic E-state index is 12.2. The quantitative estimate of drug-likeness (QED) is 0.350. The Balaban J connectivity index is 1.68. The molecular formula is C20H14ClNO4. The Bertz CT molecular complexity index is 940. The summed E-state index contributed by atoms with van der Waals surface area (Å²) in [5.74, 6) is -0.703.